The van der Waals surface area contributed by atoms with E-state index in [1.165, 1.54) is 4.31 Å². The number of nitrogens with zero attached hydrogens (tertiary/aromatic N) is 3. The van der Waals surface area contributed by atoms with Crippen LogP contribution in [0.3, 0.4) is 0 Å². The maximum absolute atomic E-state index is 13.2. The van der Waals surface area contributed by atoms with Gasteiger partial charge >= 0.3 is 0 Å². The molecule has 0 spiro atoms. The second-order valence-corrected chi connectivity index (χ2v) is 11.1. The summed E-state index contributed by atoms with van der Waals surface area (Å²) in [6.45, 7) is 1.03. The third-order valence-electron chi connectivity index (χ3n) is 6.81. The van der Waals surface area contributed by atoms with Gasteiger partial charge in [0.05, 0.1) is 16.7 Å². The number of carbonyl (C=O) groups excluding carboxylic acids is 1. The van der Waals surface area contributed by atoms with Crippen molar-refractivity contribution >= 4 is 15.9 Å². The van der Waals surface area contributed by atoms with Gasteiger partial charge in [0.25, 0.3) is 0 Å². The average molecular weight is 517 g/mol. The molecule has 0 saturated carbocycles. The maximum Gasteiger partial charge on any atom is 0.243 e. The molecule has 0 atom stereocenters. The number of nitrogens with one attached hydrogen (secondary N) is 1. The first kappa shape index (κ1) is 24.9. The van der Waals surface area contributed by atoms with Crippen LogP contribution in [0.15, 0.2) is 100 Å². The van der Waals surface area contributed by atoms with Gasteiger partial charge in [-0.2, -0.15) is 9.29 Å². The van der Waals surface area contributed by atoms with E-state index in [1.54, 1.807) is 30.3 Å². The molecule has 0 radical (unpaired) electrons. The van der Waals surface area contributed by atoms with Crippen LogP contribution in [0, 0.1) is 0 Å². The highest BCUT2D eigenvalue weighted by molar-refractivity contribution is 7.89. The zero-order valence-corrected chi connectivity index (χ0v) is 21.1. The highest BCUT2D eigenvalue weighted by Crippen LogP contribution is 2.42. The highest BCUT2D eigenvalue weighted by atomic mass is 32.2. The molecule has 1 saturated heterocycles. The quantitative estimate of drug-likeness (QED) is 0.383. The molecule has 1 aromatic heterocycles. The summed E-state index contributed by atoms with van der Waals surface area (Å²) in [6.07, 6.45) is 0.950. The van der Waals surface area contributed by atoms with Crippen molar-refractivity contribution in [1.29, 1.82) is 0 Å². The summed E-state index contributed by atoms with van der Waals surface area (Å²) >= 11 is 0. The van der Waals surface area contributed by atoms with Crippen LogP contribution in [0.4, 0.5) is 0 Å². The summed E-state index contributed by atoms with van der Waals surface area (Å²) in [5, 5.41) is 6.97. The minimum absolute atomic E-state index is 0.00425. The van der Waals surface area contributed by atoms with Crippen molar-refractivity contribution in [1.82, 2.24) is 19.8 Å². The molecule has 1 aliphatic heterocycles. The number of sulfonamides is 1. The van der Waals surface area contributed by atoms with Crippen molar-refractivity contribution in [3.05, 3.63) is 114 Å². The molecule has 4 aromatic rings. The van der Waals surface area contributed by atoms with Gasteiger partial charge in [-0.05, 0) is 36.1 Å². The lowest BCUT2D eigenvalue weighted by Gasteiger charge is -2.39. The molecule has 1 amide bonds. The SMILES string of the molecule is O=C(Cc1noc(C2(c3ccccc3)CCN(S(=O)(=O)c3ccccc3)CC2)n1)NCc1ccccc1. The van der Waals surface area contributed by atoms with Gasteiger partial charge in [0.15, 0.2) is 5.82 Å². The Morgan fingerprint density at radius 2 is 1.49 bits per heavy atom. The molecule has 8 nitrogen and oxygen atoms in total. The molecule has 2 heterocycles. The molecule has 1 aliphatic rings. The van der Waals surface area contributed by atoms with Gasteiger partial charge in [0, 0.05) is 19.6 Å². The molecule has 1 N–H and O–H groups in total. The van der Waals surface area contributed by atoms with Crippen LogP contribution in [-0.4, -0.2) is 41.9 Å². The molecule has 190 valence electrons. The normalized spacial score (nSPS) is 15.8. The molecule has 0 bridgehead atoms. The van der Waals surface area contributed by atoms with E-state index < -0.39 is 15.4 Å². The summed E-state index contributed by atoms with van der Waals surface area (Å²) in [4.78, 5) is 17.4. The molecular weight excluding hydrogens is 488 g/mol. The number of carbonyl (C=O) groups is 1. The molecule has 0 aliphatic carbocycles. The number of hydrogen-bond donors (Lipinski definition) is 1. The molecule has 3 aromatic carbocycles. The van der Waals surface area contributed by atoms with Gasteiger partial charge < -0.3 is 9.84 Å². The Bertz CT molecular complexity index is 1430. The Kier molecular flexibility index (Phi) is 7.16. The second kappa shape index (κ2) is 10.7. The van der Waals surface area contributed by atoms with Gasteiger partial charge in [-0.25, -0.2) is 8.42 Å². The second-order valence-electron chi connectivity index (χ2n) is 9.12. The van der Waals surface area contributed by atoms with E-state index in [9.17, 15) is 13.2 Å². The van der Waals surface area contributed by atoms with Gasteiger partial charge in [-0.15, -0.1) is 0 Å². The third kappa shape index (κ3) is 5.33. The first-order chi connectivity index (χ1) is 18.0. The fraction of sp³-hybridized carbons (Fsp3) is 0.250. The lowest BCUT2D eigenvalue weighted by molar-refractivity contribution is -0.120. The van der Waals surface area contributed by atoms with Crippen molar-refractivity contribution in [2.45, 2.75) is 36.1 Å². The van der Waals surface area contributed by atoms with Crippen molar-refractivity contribution < 1.29 is 17.7 Å². The Balaban J connectivity index is 1.33. The summed E-state index contributed by atoms with van der Waals surface area (Å²) in [7, 11) is -3.60. The summed E-state index contributed by atoms with van der Waals surface area (Å²) in [5.41, 5.74) is 1.34. The standard InChI is InChI=1S/C28H28N4O4S/c33-26(29-21-22-10-4-1-5-11-22)20-25-30-27(36-31-25)28(23-12-6-2-7-13-23)16-18-32(19-17-28)37(34,35)24-14-8-3-9-15-24/h1-15H,16-21H2,(H,29,33). The molecule has 1 fully saturated rings. The highest BCUT2D eigenvalue weighted by Gasteiger charge is 2.45. The first-order valence-corrected chi connectivity index (χ1v) is 13.7. The summed E-state index contributed by atoms with van der Waals surface area (Å²) in [5.74, 6) is 0.505. The number of aromatic nitrogens is 2. The maximum atomic E-state index is 13.2. The molecule has 5 rings (SSSR count). The van der Waals surface area contributed by atoms with E-state index in [-0.39, 0.29) is 17.2 Å². The van der Waals surface area contributed by atoms with Crippen LogP contribution >= 0.6 is 0 Å². The largest absolute Gasteiger partial charge is 0.352 e. The van der Waals surface area contributed by atoms with Gasteiger partial charge in [0.2, 0.25) is 21.8 Å². The molecule has 0 unspecified atom stereocenters. The Hall–Kier alpha value is -3.82. The fourth-order valence-electron chi connectivity index (χ4n) is 4.76. The predicted octanol–water partition coefficient (Wildman–Crippen LogP) is 3.70. The minimum Gasteiger partial charge on any atom is -0.352 e. The zero-order valence-electron chi connectivity index (χ0n) is 20.3. The summed E-state index contributed by atoms with van der Waals surface area (Å²) in [6, 6.07) is 27.9. The van der Waals surface area contributed by atoms with Crippen LogP contribution < -0.4 is 5.32 Å². The van der Waals surface area contributed by atoms with Crippen LogP contribution in [-0.2, 0) is 33.2 Å². The molecule has 9 heteroatoms. The van der Waals surface area contributed by atoms with Crippen molar-refractivity contribution in [2.24, 2.45) is 0 Å². The number of hydrogen-bond acceptors (Lipinski definition) is 6. The minimum atomic E-state index is -3.60. The van der Waals surface area contributed by atoms with E-state index in [4.69, 9.17) is 4.52 Å². The van der Waals surface area contributed by atoms with Crippen LogP contribution in [0.1, 0.15) is 35.7 Å². The van der Waals surface area contributed by atoms with Crippen LogP contribution in [0.2, 0.25) is 0 Å². The van der Waals surface area contributed by atoms with Gasteiger partial charge in [-0.1, -0.05) is 84.0 Å². The molecule has 37 heavy (non-hydrogen) atoms. The van der Waals surface area contributed by atoms with Crippen LogP contribution in [0.25, 0.3) is 0 Å². The van der Waals surface area contributed by atoms with E-state index in [2.05, 4.69) is 15.5 Å². The number of benzene rings is 3. The van der Waals surface area contributed by atoms with E-state index in [0.717, 1.165) is 11.1 Å². The van der Waals surface area contributed by atoms with E-state index in [0.29, 0.717) is 44.2 Å². The fourth-order valence-corrected chi connectivity index (χ4v) is 6.22. The lowest BCUT2D eigenvalue weighted by atomic mass is 9.73. The Morgan fingerprint density at radius 1 is 0.892 bits per heavy atom. The van der Waals surface area contributed by atoms with Crippen molar-refractivity contribution in [3.63, 3.8) is 0 Å². The zero-order chi connectivity index (χ0) is 25.7. The Labute approximate surface area is 216 Å². The average Bonchev–Trinajstić information content (AvgIpc) is 3.42. The predicted molar refractivity (Wildman–Crippen MR) is 138 cm³/mol. The summed E-state index contributed by atoms with van der Waals surface area (Å²) < 4.78 is 33.6. The number of amides is 1. The lowest BCUT2D eigenvalue weighted by Crippen LogP contribution is -2.45. The van der Waals surface area contributed by atoms with Gasteiger partial charge in [-0.3, -0.25) is 4.79 Å². The Morgan fingerprint density at radius 3 is 2.14 bits per heavy atom. The molecular formula is C28H28N4O4S. The van der Waals surface area contributed by atoms with Crippen molar-refractivity contribution in [3.8, 4) is 0 Å². The van der Waals surface area contributed by atoms with E-state index in [1.807, 2.05) is 60.7 Å². The van der Waals surface area contributed by atoms with Crippen LogP contribution in [0.5, 0.6) is 0 Å². The smallest absolute Gasteiger partial charge is 0.243 e. The monoisotopic (exact) mass is 516 g/mol. The first-order valence-electron chi connectivity index (χ1n) is 12.2. The van der Waals surface area contributed by atoms with Crippen molar-refractivity contribution in [2.75, 3.05) is 13.1 Å². The topological polar surface area (TPSA) is 105 Å². The third-order valence-corrected chi connectivity index (χ3v) is 8.72. The van der Waals surface area contributed by atoms with E-state index >= 15 is 0 Å². The van der Waals surface area contributed by atoms with Gasteiger partial charge in [0.1, 0.15) is 0 Å². The number of piperidine rings is 1. The number of rotatable bonds is 8.